The van der Waals surface area contributed by atoms with E-state index >= 15 is 0 Å². The van der Waals surface area contributed by atoms with Gasteiger partial charge in [-0.2, -0.15) is 5.10 Å². The molecule has 1 saturated carbocycles. The van der Waals surface area contributed by atoms with Gasteiger partial charge < -0.3 is 10.4 Å². The van der Waals surface area contributed by atoms with Crippen molar-refractivity contribution in [3.63, 3.8) is 0 Å². The minimum atomic E-state index is -0.687. The molecule has 3 aromatic rings. The Hall–Kier alpha value is -3.33. The third kappa shape index (κ3) is 3.14. The van der Waals surface area contributed by atoms with Crippen molar-refractivity contribution in [1.29, 1.82) is 0 Å². The number of carbonyl (C=O) groups is 1. The molecule has 3 atom stereocenters. The molecule has 2 aromatic heterocycles. The van der Waals surface area contributed by atoms with Crippen LogP contribution in [0.2, 0.25) is 0 Å². The van der Waals surface area contributed by atoms with Crippen molar-refractivity contribution in [2.45, 2.75) is 51.0 Å². The molecular weight excluding hydrogens is 440 g/mol. The van der Waals surface area contributed by atoms with Gasteiger partial charge in [0.15, 0.2) is 0 Å². The highest BCUT2D eigenvalue weighted by molar-refractivity contribution is 5.92. The first kappa shape index (κ1) is 22.5. The summed E-state index contributed by atoms with van der Waals surface area (Å²) in [5.41, 5.74) is 1.37. The van der Waals surface area contributed by atoms with E-state index in [1.54, 1.807) is 19.2 Å². The lowest BCUT2D eigenvalue weighted by Gasteiger charge is -2.37. The number of nitrogens with zero attached hydrogens (tertiary/aromatic N) is 4. The quantitative estimate of drug-likeness (QED) is 0.598. The second kappa shape index (κ2) is 7.87. The van der Waals surface area contributed by atoms with E-state index in [1.165, 1.54) is 24.4 Å². The van der Waals surface area contributed by atoms with E-state index in [0.717, 1.165) is 18.4 Å². The molecule has 2 aliphatic rings. The Morgan fingerprint density at radius 3 is 2.68 bits per heavy atom. The molecule has 176 valence electrons. The number of hydrogen-bond donors (Lipinski definition) is 2. The van der Waals surface area contributed by atoms with Crippen LogP contribution in [0, 0.1) is 17.0 Å². The number of hydrogen-bond acceptors (Lipinski definition) is 6. The van der Waals surface area contributed by atoms with Crippen molar-refractivity contribution in [2.75, 3.05) is 6.54 Å². The highest BCUT2D eigenvalue weighted by atomic mass is 19.1. The Morgan fingerprint density at radius 2 is 1.97 bits per heavy atom. The second-order valence-electron chi connectivity index (χ2n) is 9.70. The molecule has 9 heteroatoms. The van der Waals surface area contributed by atoms with E-state index in [0.29, 0.717) is 11.4 Å². The summed E-state index contributed by atoms with van der Waals surface area (Å²) in [6, 6.07) is 5.46. The summed E-state index contributed by atoms with van der Waals surface area (Å²) in [4.78, 5) is 21.5. The highest BCUT2D eigenvalue weighted by Crippen LogP contribution is 2.69. The fraction of sp³-hybridized carbons (Fsp3) is 0.400. The monoisotopic (exact) mass is 465 g/mol. The molecule has 2 bridgehead atoms. The molecule has 1 fully saturated rings. The maximum absolute atomic E-state index is 14.4. The van der Waals surface area contributed by atoms with E-state index in [2.05, 4.69) is 39.3 Å². The summed E-state index contributed by atoms with van der Waals surface area (Å²) in [7, 11) is 0. The summed E-state index contributed by atoms with van der Waals surface area (Å²) in [6.07, 6.45) is 3.94. The maximum atomic E-state index is 14.4. The van der Waals surface area contributed by atoms with Crippen molar-refractivity contribution < 1.29 is 18.7 Å². The van der Waals surface area contributed by atoms with Gasteiger partial charge in [0.25, 0.3) is 5.91 Å². The Balaban J connectivity index is 1.61. The topological polar surface area (TPSA) is 101 Å². The average molecular weight is 466 g/mol. The van der Waals surface area contributed by atoms with Crippen LogP contribution in [-0.4, -0.2) is 43.8 Å². The Labute approximate surface area is 195 Å². The third-order valence-corrected chi connectivity index (χ3v) is 7.46. The molecule has 34 heavy (non-hydrogen) atoms. The smallest absolute Gasteiger partial charge is 0.271 e. The molecule has 7 nitrogen and oxygen atoms in total. The van der Waals surface area contributed by atoms with E-state index in [-0.39, 0.29) is 34.8 Å². The standard InChI is InChI=1S/C25H25F2N5O2/c1-13(33)10-29-23(34)19-11-28-12-20(30-19)25-8-7-15(24(25,2)3)14-9-18(31-32-22(14)25)21-16(26)5-4-6-17(21)27/h4-6,9,11-13,15,33H,7-8,10H2,1-3H3,(H,29,34)/t13-,15+,25+/m0/s1. The number of halogens is 2. The Kier molecular flexibility index (Phi) is 5.20. The van der Waals surface area contributed by atoms with Crippen LogP contribution in [-0.2, 0) is 5.41 Å². The van der Waals surface area contributed by atoms with Crippen LogP contribution in [0.3, 0.4) is 0 Å². The average Bonchev–Trinajstić information content (AvgIpc) is 3.18. The Bertz CT molecular complexity index is 1280. The number of rotatable bonds is 5. The van der Waals surface area contributed by atoms with E-state index in [4.69, 9.17) is 0 Å². The summed E-state index contributed by atoms with van der Waals surface area (Å²) >= 11 is 0. The van der Waals surface area contributed by atoms with Crippen LogP contribution in [0.25, 0.3) is 11.3 Å². The number of aliphatic hydroxyl groups is 1. The van der Waals surface area contributed by atoms with E-state index in [1.807, 2.05) is 0 Å². The summed E-state index contributed by atoms with van der Waals surface area (Å²) in [5, 5.41) is 20.8. The van der Waals surface area contributed by atoms with Gasteiger partial charge in [-0.05, 0) is 54.9 Å². The molecule has 2 aliphatic carbocycles. The van der Waals surface area contributed by atoms with E-state index < -0.39 is 29.1 Å². The summed E-state index contributed by atoms with van der Waals surface area (Å²) in [5.74, 6) is -1.71. The van der Waals surface area contributed by atoms with Gasteiger partial charge in [-0.1, -0.05) is 19.9 Å². The van der Waals surface area contributed by atoms with Crippen molar-refractivity contribution in [1.82, 2.24) is 25.5 Å². The van der Waals surface area contributed by atoms with Gasteiger partial charge in [-0.25, -0.2) is 13.8 Å². The van der Waals surface area contributed by atoms with Crippen LogP contribution in [0.15, 0.2) is 36.7 Å². The van der Waals surface area contributed by atoms with Crippen LogP contribution in [0.4, 0.5) is 8.78 Å². The highest BCUT2D eigenvalue weighted by Gasteiger charge is 2.65. The first-order valence-corrected chi connectivity index (χ1v) is 11.3. The predicted octanol–water partition coefficient (Wildman–Crippen LogP) is 3.53. The molecule has 2 N–H and O–H groups in total. The lowest BCUT2D eigenvalue weighted by molar-refractivity contribution is 0.0917. The molecule has 0 spiro atoms. The molecule has 0 unspecified atom stereocenters. The van der Waals surface area contributed by atoms with Gasteiger partial charge in [0, 0.05) is 12.7 Å². The molecular formula is C25H25F2N5O2. The molecule has 1 amide bonds. The van der Waals surface area contributed by atoms with Crippen LogP contribution >= 0.6 is 0 Å². The molecule has 1 aromatic carbocycles. The molecule has 2 heterocycles. The molecule has 0 aliphatic heterocycles. The molecule has 5 rings (SSSR count). The van der Waals surface area contributed by atoms with Crippen molar-refractivity contribution in [3.8, 4) is 11.3 Å². The van der Waals surface area contributed by atoms with Crippen LogP contribution < -0.4 is 5.32 Å². The predicted molar refractivity (Wildman–Crippen MR) is 120 cm³/mol. The zero-order valence-corrected chi connectivity index (χ0v) is 19.1. The van der Waals surface area contributed by atoms with Gasteiger partial charge in [0.2, 0.25) is 0 Å². The van der Waals surface area contributed by atoms with Crippen molar-refractivity contribution in [2.24, 2.45) is 5.41 Å². The largest absolute Gasteiger partial charge is 0.392 e. The minimum Gasteiger partial charge on any atom is -0.392 e. The number of aromatic nitrogens is 4. The number of amides is 1. The van der Waals surface area contributed by atoms with Gasteiger partial charge in [-0.15, -0.1) is 5.10 Å². The third-order valence-electron chi connectivity index (χ3n) is 7.46. The van der Waals surface area contributed by atoms with Crippen LogP contribution in [0.1, 0.15) is 67.0 Å². The lowest BCUT2D eigenvalue weighted by atomic mass is 9.66. The van der Waals surface area contributed by atoms with E-state index in [9.17, 15) is 18.7 Å². The van der Waals surface area contributed by atoms with Gasteiger partial charge in [0.05, 0.1) is 40.4 Å². The number of fused-ring (bicyclic) bond motifs is 5. The number of aliphatic hydroxyl groups excluding tert-OH is 1. The summed E-state index contributed by atoms with van der Waals surface area (Å²) in [6.45, 7) is 5.93. The fourth-order valence-corrected chi connectivity index (χ4v) is 5.77. The summed E-state index contributed by atoms with van der Waals surface area (Å²) < 4.78 is 28.8. The minimum absolute atomic E-state index is 0.0844. The SMILES string of the molecule is C[C@H](O)CNC(=O)c1cncc([C@]23CC[C@H](c4cc(-c5c(F)cccc5F)nnc42)C3(C)C)n1. The Morgan fingerprint density at radius 1 is 1.24 bits per heavy atom. The second-order valence-corrected chi connectivity index (χ2v) is 9.70. The van der Waals surface area contributed by atoms with Gasteiger partial charge in [-0.3, -0.25) is 9.78 Å². The molecule has 0 radical (unpaired) electrons. The van der Waals surface area contributed by atoms with Crippen molar-refractivity contribution >= 4 is 5.91 Å². The first-order chi connectivity index (χ1) is 16.2. The van der Waals surface area contributed by atoms with Crippen LogP contribution in [0.5, 0.6) is 0 Å². The zero-order valence-electron chi connectivity index (χ0n) is 19.1. The number of benzene rings is 1. The van der Waals surface area contributed by atoms with Gasteiger partial charge in [0.1, 0.15) is 17.3 Å². The number of carbonyl (C=O) groups excluding carboxylic acids is 1. The maximum Gasteiger partial charge on any atom is 0.271 e. The fourth-order valence-electron chi connectivity index (χ4n) is 5.77. The van der Waals surface area contributed by atoms with Gasteiger partial charge >= 0.3 is 0 Å². The van der Waals surface area contributed by atoms with Crippen molar-refractivity contribution in [3.05, 3.63) is 70.9 Å². The molecule has 0 saturated heterocycles. The zero-order chi connectivity index (χ0) is 24.3. The normalized spacial score (nSPS) is 22.9. The lowest BCUT2D eigenvalue weighted by Crippen LogP contribution is -2.39. The number of nitrogens with one attached hydrogen (secondary N) is 1. The first-order valence-electron chi connectivity index (χ1n) is 11.3.